The number of Topliss-reactive ketones (excluding diaryl/α,β-unsaturated/α-hetero) is 1. The first kappa shape index (κ1) is 18.9. The molecule has 3 aromatic carbocycles. The number of hydrogen-bond donors (Lipinski definition) is 1. The molecule has 0 saturated carbocycles. The van der Waals surface area contributed by atoms with Crippen molar-refractivity contribution in [2.45, 2.75) is 19.8 Å². The number of carbonyl (C=O) groups is 2. The number of carbonyl (C=O) groups excluding carboxylic acids is 2. The maximum Gasteiger partial charge on any atom is 0.221 e. The number of amides is 1. The fourth-order valence-corrected chi connectivity index (χ4v) is 3.22. The van der Waals surface area contributed by atoms with Gasteiger partial charge in [0.15, 0.2) is 5.78 Å². The molecular formula is C23H19ClNO2. The number of halogens is 1. The lowest BCUT2D eigenvalue weighted by Gasteiger charge is -2.19. The third kappa shape index (κ3) is 4.44. The summed E-state index contributed by atoms with van der Waals surface area (Å²) in [6.45, 7) is 3.33. The Kier molecular flexibility index (Phi) is 5.72. The Bertz CT molecular complexity index is 980. The molecule has 1 amide bonds. The minimum atomic E-state index is -0.509. The van der Waals surface area contributed by atoms with Crippen LogP contribution >= 0.6 is 11.6 Å². The van der Waals surface area contributed by atoms with E-state index in [2.05, 4.69) is 11.4 Å². The standard InChI is InChI=1S/C23H19ClNO2/c1-15-6-3-4-9-21(15)23(27)22(17-10-12-19(24)13-11-17)18-7-5-8-20(14-18)25-16(2)26/h3-5,7-14,22H,1-2H3,(H,25,26). The van der Waals surface area contributed by atoms with Crippen molar-refractivity contribution in [3.05, 3.63) is 100 Å². The second-order valence-corrected chi connectivity index (χ2v) is 6.80. The Morgan fingerprint density at radius 3 is 2.41 bits per heavy atom. The predicted molar refractivity (Wildman–Crippen MR) is 108 cm³/mol. The van der Waals surface area contributed by atoms with Gasteiger partial charge in [0.25, 0.3) is 0 Å². The van der Waals surface area contributed by atoms with E-state index in [1.165, 1.54) is 6.92 Å². The molecule has 0 aromatic heterocycles. The summed E-state index contributed by atoms with van der Waals surface area (Å²) in [5.74, 6) is -0.688. The Balaban J connectivity index is 2.11. The van der Waals surface area contributed by atoms with E-state index in [4.69, 9.17) is 11.6 Å². The van der Waals surface area contributed by atoms with Gasteiger partial charge in [-0.3, -0.25) is 9.59 Å². The molecule has 1 radical (unpaired) electrons. The van der Waals surface area contributed by atoms with Gasteiger partial charge in [0.2, 0.25) is 5.91 Å². The van der Waals surface area contributed by atoms with E-state index in [0.29, 0.717) is 16.3 Å². The minimum absolute atomic E-state index is 0.0216. The number of aryl methyl sites for hydroxylation is 1. The van der Waals surface area contributed by atoms with Crippen LogP contribution in [0.25, 0.3) is 0 Å². The molecule has 1 unspecified atom stereocenters. The lowest BCUT2D eigenvalue weighted by Crippen LogP contribution is -2.16. The molecule has 3 rings (SSSR count). The van der Waals surface area contributed by atoms with E-state index < -0.39 is 5.92 Å². The first-order chi connectivity index (χ1) is 13.0. The maximum atomic E-state index is 13.4. The first-order valence-corrected chi connectivity index (χ1v) is 8.98. The molecule has 0 saturated heterocycles. The third-order valence-corrected chi connectivity index (χ3v) is 4.59. The van der Waals surface area contributed by atoms with Crippen LogP contribution in [0.15, 0.2) is 66.7 Å². The first-order valence-electron chi connectivity index (χ1n) is 8.60. The summed E-state index contributed by atoms with van der Waals surface area (Å²) < 4.78 is 0. The van der Waals surface area contributed by atoms with Crippen LogP contribution in [0.5, 0.6) is 0 Å². The van der Waals surface area contributed by atoms with Crippen molar-refractivity contribution >= 4 is 29.0 Å². The number of benzene rings is 3. The van der Waals surface area contributed by atoms with Gasteiger partial charge in [-0.05, 0) is 53.9 Å². The Morgan fingerprint density at radius 1 is 1.00 bits per heavy atom. The average Bonchev–Trinajstić information content (AvgIpc) is 2.63. The van der Waals surface area contributed by atoms with E-state index >= 15 is 0 Å². The monoisotopic (exact) mass is 376 g/mol. The molecule has 1 atom stereocenters. The van der Waals surface area contributed by atoms with Crippen LogP contribution < -0.4 is 5.32 Å². The van der Waals surface area contributed by atoms with Gasteiger partial charge in [-0.1, -0.05) is 54.1 Å². The highest BCUT2D eigenvalue weighted by Crippen LogP contribution is 2.31. The summed E-state index contributed by atoms with van der Waals surface area (Å²) in [5.41, 5.74) is 3.73. The van der Waals surface area contributed by atoms with E-state index in [-0.39, 0.29) is 11.7 Å². The summed E-state index contributed by atoms with van der Waals surface area (Å²) in [6.07, 6.45) is 0. The van der Waals surface area contributed by atoms with Gasteiger partial charge in [-0.25, -0.2) is 0 Å². The molecule has 135 valence electrons. The van der Waals surface area contributed by atoms with Gasteiger partial charge < -0.3 is 5.32 Å². The molecule has 0 spiro atoms. The van der Waals surface area contributed by atoms with Crippen LogP contribution in [0.3, 0.4) is 0 Å². The molecule has 27 heavy (non-hydrogen) atoms. The molecular weight excluding hydrogens is 358 g/mol. The van der Waals surface area contributed by atoms with Gasteiger partial charge in [-0.2, -0.15) is 0 Å². The van der Waals surface area contributed by atoms with Crippen LogP contribution in [0.1, 0.15) is 39.9 Å². The number of ketones is 1. The van der Waals surface area contributed by atoms with Gasteiger partial charge in [0.1, 0.15) is 0 Å². The summed E-state index contributed by atoms with van der Waals surface area (Å²) in [6, 6.07) is 23.1. The molecule has 0 bridgehead atoms. The van der Waals surface area contributed by atoms with Crippen molar-refractivity contribution in [2.24, 2.45) is 0 Å². The van der Waals surface area contributed by atoms with E-state index in [1.54, 1.807) is 24.3 Å². The van der Waals surface area contributed by atoms with Gasteiger partial charge in [-0.15, -0.1) is 0 Å². The zero-order chi connectivity index (χ0) is 19.4. The second kappa shape index (κ2) is 8.19. The summed E-state index contributed by atoms with van der Waals surface area (Å²) >= 11 is 6.03. The van der Waals surface area contributed by atoms with E-state index in [9.17, 15) is 9.59 Å². The van der Waals surface area contributed by atoms with Crippen molar-refractivity contribution in [3.8, 4) is 0 Å². The summed E-state index contributed by atoms with van der Waals surface area (Å²) in [7, 11) is 0. The molecule has 0 fully saturated rings. The van der Waals surface area contributed by atoms with Crippen molar-refractivity contribution in [3.63, 3.8) is 0 Å². The minimum Gasteiger partial charge on any atom is -0.326 e. The zero-order valence-electron chi connectivity index (χ0n) is 15.1. The van der Waals surface area contributed by atoms with Crippen molar-refractivity contribution < 1.29 is 9.59 Å². The quantitative estimate of drug-likeness (QED) is 0.604. The second-order valence-electron chi connectivity index (χ2n) is 6.36. The summed E-state index contributed by atoms with van der Waals surface area (Å²) in [4.78, 5) is 24.8. The molecule has 3 aromatic rings. The molecule has 0 aliphatic carbocycles. The molecule has 0 aliphatic rings. The van der Waals surface area contributed by atoms with Crippen LogP contribution in [-0.2, 0) is 4.79 Å². The molecule has 0 aliphatic heterocycles. The third-order valence-electron chi connectivity index (χ3n) is 4.33. The van der Waals surface area contributed by atoms with Crippen LogP contribution in [0, 0.1) is 13.0 Å². The normalized spacial score (nSPS) is 11.7. The fourth-order valence-electron chi connectivity index (χ4n) is 3.09. The largest absolute Gasteiger partial charge is 0.326 e. The lowest BCUT2D eigenvalue weighted by atomic mass is 9.83. The maximum absolute atomic E-state index is 13.4. The predicted octanol–water partition coefficient (Wildman–Crippen LogP) is 5.42. The molecule has 3 nitrogen and oxygen atoms in total. The number of rotatable bonds is 5. The Hall–Kier alpha value is -2.91. The van der Waals surface area contributed by atoms with Gasteiger partial charge in [0.05, 0.1) is 5.92 Å². The van der Waals surface area contributed by atoms with Crippen LogP contribution in [0.4, 0.5) is 5.69 Å². The Labute approximate surface area is 164 Å². The van der Waals surface area contributed by atoms with Crippen molar-refractivity contribution in [1.82, 2.24) is 0 Å². The topological polar surface area (TPSA) is 46.2 Å². The van der Waals surface area contributed by atoms with Crippen LogP contribution in [-0.4, -0.2) is 11.7 Å². The number of hydrogen-bond acceptors (Lipinski definition) is 2. The van der Waals surface area contributed by atoms with Crippen molar-refractivity contribution in [2.75, 3.05) is 5.32 Å². The van der Waals surface area contributed by atoms with Gasteiger partial charge in [0, 0.05) is 23.2 Å². The number of nitrogens with one attached hydrogen (secondary N) is 1. The molecule has 0 heterocycles. The van der Waals surface area contributed by atoms with E-state index in [0.717, 1.165) is 16.7 Å². The van der Waals surface area contributed by atoms with Crippen molar-refractivity contribution in [1.29, 1.82) is 0 Å². The average molecular weight is 377 g/mol. The fraction of sp³-hybridized carbons (Fsp3) is 0.130. The lowest BCUT2D eigenvalue weighted by molar-refractivity contribution is -0.114. The highest BCUT2D eigenvalue weighted by Gasteiger charge is 2.25. The van der Waals surface area contributed by atoms with Gasteiger partial charge >= 0.3 is 0 Å². The smallest absolute Gasteiger partial charge is 0.221 e. The highest BCUT2D eigenvalue weighted by atomic mass is 35.5. The Morgan fingerprint density at radius 2 is 1.74 bits per heavy atom. The van der Waals surface area contributed by atoms with E-state index in [1.807, 2.05) is 49.4 Å². The molecule has 4 heteroatoms. The zero-order valence-corrected chi connectivity index (χ0v) is 15.9. The van der Waals surface area contributed by atoms with Crippen LogP contribution in [0.2, 0.25) is 5.02 Å². The molecule has 1 N–H and O–H groups in total. The number of anilines is 1. The SMILES string of the molecule is CC(=O)Nc1cccc(C(C(=O)c2ccc[c]c2C)c2ccc(Cl)cc2)c1. The highest BCUT2D eigenvalue weighted by molar-refractivity contribution is 6.30. The summed E-state index contributed by atoms with van der Waals surface area (Å²) in [5, 5.41) is 3.39.